The first-order chi connectivity index (χ1) is 14.6. The molecule has 4 rings (SSSR count). The van der Waals surface area contributed by atoms with Gasteiger partial charge in [0, 0.05) is 6.20 Å². The van der Waals surface area contributed by atoms with Crippen molar-refractivity contribution in [2.24, 2.45) is 4.99 Å². The molecule has 0 amide bonds. The van der Waals surface area contributed by atoms with E-state index in [1.165, 1.54) is 23.9 Å². The first kappa shape index (κ1) is 20.2. The summed E-state index contributed by atoms with van der Waals surface area (Å²) in [5.41, 5.74) is 2.94. The van der Waals surface area contributed by atoms with Crippen molar-refractivity contribution in [2.75, 3.05) is 6.61 Å². The Morgan fingerprint density at radius 3 is 2.80 bits per heavy atom. The lowest BCUT2D eigenvalue weighted by molar-refractivity contribution is -0.139. The van der Waals surface area contributed by atoms with Crippen molar-refractivity contribution in [3.63, 3.8) is 0 Å². The first-order valence-electron chi connectivity index (χ1n) is 9.62. The van der Waals surface area contributed by atoms with E-state index < -0.39 is 0 Å². The van der Waals surface area contributed by atoms with Gasteiger partial charge in [0.1, 0.15) is 18.2 Å². The van der Waals surface area contributed by atoms with Crippen molar-refractivity contribution in [1.82, 2.24) is 4.90 Å². The summed E-state index contributed by atoms with van der Waals surface area (Å²) in [7, 11) is 0. The fourth-order valence-corrected chi connectivity index (χ4v) is 4.21. The molecule has 1 atom stereocenters. The van der Waals surface area contributed by atoms with E-state index in [0.717, 1.165) is 16.3 Å². The maximum absolute atomic E-state index is 13.1. The van der Waals surface area contributed by atoms with Gasteiger partial charge in [0.25, 0.3) is 0 Å². The molecular weight excluding hydrogens is 403 g/mol. The molecule has 2 aromatic rings. The summed E-state index contributed by atoms with van der Waals surface area (Å²) in [5, 5.41) is 2.77. The third-order valence-electron chi connectivity index (χ3n) is 4.81. The van der Waals surface area contributed by atoms with E-state index in [1.54, 1.807) is 19.1 Å². The molecule has 0 spiro atoms. The summed E-state index contributed by atoms with van der Waals surface area (Å²) >= 11 is 1.52. The molecule has 7 heteroatoms. The predicted octanol–water partition coefficient (Wildman–Crippen LogP) is 5.17. The number of allylic oxidation sites excluding steroid dienone is 1. The zero-order valence-corrected chi connectivity index (χ0v) is 17.5. The van der Waals surface area contributed by atoms with Crippen LogP contribution in [-0.4, -0.2) is 22.6 Å². The van der Waals surface area contributed by atoms with Crippen molar-refractivity contribution in [3.05, 3.63) is 88.4 Å². The zero-order chi connectivity index (χ0) is 21.1. The van der Waals surface area contributed by atoms with Crippen molar-refractivity contribution >= 4 is 22.9 Å². The number of benzene rings is 2. The molecule has 0 radical (unpaired) electrons. The number of thioether (sulfide) groups is 1. The van der Waals surface area contributed by atoms with E-state index >= 15 is 0 Å². The number of rotatable bonds is 6. The van der Waals surface area contributed by atoms with Gasteiger partial charge in [0.15, 0.2) is 5.17 Å². The molecule has 0 aromatic heterocycles. The molecule has 0 aliphatic carbocycles. The molecule has 0 bridgehead atoms. The van der Waals surface area contributed by atoms with Gasteiger partial charge in [-0.25, -0.2) is 14.2 Å². The molecule has 0 fully saturated rings. The number of ether oxygens (including phenoxy) is 2. The highest BCUT2D eigenvalue weighted by molar-refractivity contribution is 8.16. The lowest BCUT2D eigenvalue weighted by Crippen LogP contribution is -2.34. The molecular formula is C23H21FN2O3S. The van der Waals surface area contributed by atoms with E-state index in [-0.39, 0.29) is 17.8 Å². The van der Waals surface area contributed by atoms with Crippen molar-refractivity contribution in [2.45, 2.75) is 26.5 Å². The summed E-state index contributed by atoms with van der Waals surface area (Å²) < 4.78 is 24.3. The maximum Gasteiger partial charge on any atom is 0.338 e. The van der Waals surface area contributed by atoms with Crippen LogP contribution in [-0.2, 0) is 16.1 Å². The largest absolute Gasteiger partial charge is 0.489 e. The lowest BCUT2D eigenvalue weighted by Gasteiger charge is -2.33. The van der Waals surface area contributed by atoms with Crippen LogP contribution in [0.4, 0.5) is 4.39 Å². The molecule has 0 unspecified atom stereocenters. The van der Waals surface area contributed by atoms with Crippen LogP contribution in [0.25, 0.3) is 0 Å². The summed E-state index contributed by atoms with van der Waals surface area (Å²) in [6.07, 6.45) is 1.92. The van der Waals surface area contributed by atoms with Crippen LogP contribution >= 0.6 is 11.8 Å². The van der Waals surface area contributed by atoms with Crippen LogP contribution in [0.15, 0.2) is 76.4 Å². The van der Waals surface area contributed by atoms with Crippen LogP contribution in [0.2, 0.25) is 0 Å². The molecule has 2 heterocycles. The molecule has 30 heavy (non-hydrogen) atoms. The number of halogens is 1. The number of fused-ring (bicyclic) bond motifs is 1. The number of amidine groups is 1. The van der Waals surface area contributed by atoms with Gasteiger partial charge in [-0.15, -0.1) is 0 Å². The number of carbonyl (C=O) groups excluding carboxylic acids is 1. The maximum atomic E-state index is 13.1. The Morgan fingerprint density at radius 2 is 2.03 bits per heavy atom. The Balaban J connectivity index is 1.63. The van der Waals surface area contributed by atoms with Gasteiger partial charge in [0.2, 0.25) is 0 Å². The third kappa shape index (κ3) is 4.11. The monoisotopic (exact) mass is 424 g/mol. The van der Waals surface area contributed by atoms with Crippen LogP contribution in [0, 0.1) is 5.82 Å². The second kappa shape index (κ2) is 8.75. The summed E-state index contributed by atoms with van der Waals surface area (Å²) in [6, 6.07) is 13.5. The standard InChI is InChI=1S/C23H21FN2O3S/c1-3-28-22(27)20-15(2)25-23-26(11-12-30-23)21(20)17-5-4-6-19(13-17)29-14-16-7-9-18(24)10-8-16/h4-13,21H,3,14H2,1-2H3/t21-/m0/s1. The molecule has 2 aromatic carbocycles. The number of hydrogen-bond donors (Lipinski definition) is 0. The predicted molar refractivity (Wildman–Crippen MR) is 115 cm³/mol. The summed E-state index contributed by atoms with van der Waals surface area (Å²) in [5.74, 6) is 0.0176. The van der Waals surface area contributed by atoms with Crippen LogP contribution in [0.1, 0.15) is 31.0 Å². The smallest absolute Gasteiger partial charge is 0.338 e. The van der Waals surface area contributed by atoms with Gasteiger partial charge in [-0.3, -0.25) is 0 Å². The molecule has 2 aliphatic rings. The number of nitrogens with zero attached hydrogens (tertiary/aromatic N) is 2. The van der Waals surface area contributed by atoms with E-state index in [2.05, 4.69) is 4.99 Å². The summed E-state index contributed by atoms with van der Waals surface area (Å²) in [6.45, 7) is 4.23. The Morgan fingerprint density at radius 1 is 1.23 bits per heavy atom. The van der Waals surface area contributed by atoms with Gasteiger partial charge in [-0.05, 0) is 54.6 Å². The van der Waals surface area contributed by atoms with Crippen LogP contribution in [0.5, 0.6) is 5.75 Å². The number of carbonyl (C=O) groups is 1. The molecule has 0 saturated carbocycles. The Labute approximate surface area is 178 Å². The fourth-order valence-electron chi connectivity index (χ4n) is 3.42. The van der Waals surface area contributed by atoms with E-state index in [9.17, 15) is 9.18 Å². The average molecular weight is 424 g/mol. The van der Waals surface area contributed by atoms with Gasteiger partial charge >= 0.3 is 5.97 Å². The van der Waals surface area contributed by atoms with Gasteiger partial charge in [-0.2, -0.15) is 0 Å². The first-order valence-corrected chi connectivity index (χ1v) is 10.5. The van der Waals surface area contributed by atoms with Gasteiger partial charge in [0.05, 0.1) is 23.9 Å². The number of aliphatic imine (C=N–C) groups is 1. The molecule has 2 aliphatic heterocycles. The quantitative estimate of drug-likeness (QED) is 0.599. The van der Waals surface area contributed by atoms with Crippen LogP contribution < -0.4 is 4.74 Å². The summed E-state index contributed by atoms with van der Waals surface area (Å²) in [4.78, 5) is 19.3. The lowest BCUT2D eigenvalue weighted by atomic mass is 9.94. The number of esters is 1. The van der Waals surface area contributed by atoms with Gasteiger partial charge in [-0.1, -0.05) is 36.0 Å². The topological polar surface area (TPSA) is 51.1 Å². The molecule has 0 N–H and O–H groups in total. The highest BCUT2D eigenvalue weighted by Crippen LogP contribution is 2.41. The second-order valence-electron chi connectivity index (χ2n) is 6.81. The average Bonchev–Trinajstić information content (AvgIpc) is 3.20. The van der Waals surface area contributed by atoms with Crippen molar-refractivity contribution in [3.8, 4) is 5.75 Å². The Kier molecular flexibility index (Phi) is 5.90. The van der Waals surface area contributed by atoms with Crippen molar-refractivity contribution < 1.29 is 18.7 Å². The minimum atomic E-state index is -0.370. The second-order valence-corrected chi connectivity index (χ2v) is 7.69. The SMILES string of the molecule is CCOC(=O)C1=C(C)N=C2SC=CN2[C@H]1c1cccc(OCc2ccc(F)cc2)c1. The highest BCUT2D eigenvalue weighted by atomic mass is 32.2. The fraction of sp³-hybridized carbons (Fsp3) is 0.217. The Hall–Kier alpha value is -3.06. The van der Waals surface area contributed by atoms with E-state index in [4.69, 9.17) is 9.47 Å². The number of hydrogen-bond acceptors (Lipinski definition) is 6. The minimum absolute atomic E-state index is 0.277. The minimum Gasteiger partial charge on any atom is -0.489 e. The third-order valence-corrected chi connectivity index (χ3v) is 5.58. The normalized spacial score (nSPS) is 17.6. The highest BCUT2D eigenvalue weighted by Gasteiger charge is 2.37. The molecule has 154 valence electrons. The molecule has 5 nitrogen and oxygen atoms in total. The van der Waals surface area contributed by atoms with Crippen molar-refractivity contribution in [1.29, 1.82) is 0 Å². The van der Waals surface area contributed by atoms with Crippen LogP contribution in [0.3, 0.4) is 0 Å². The zero-order valence-electron chi connectivity index (χ0n) is 16.7. The van der Waals surface area contributed by atoms with Gasteiger partial charge < -0.3 is 14.4 Å². The molecule has 0 saturated heterocycles. The Bertz CT molecular complexity index is 1050. The van der Waals surface area contributed by atoms with E-state index in [0.29, 0.717) is 30.2 Å². The van der Waals surface area contributed by atoms with E-state index in [1.807, 2.05) is 47.7 Å².